The van der Waals surface area contributed by atoms with E-state index in [1.165, 1.54) is 12.0 Å². The number of benzene rings is 2. The van der Waals surface area contributed by atoms with Crippen LogP contribution in [0.15, 0.2) is 48.5 Å². The highest BCUT2D eigenvalue weighted by atomic mass is 15.4. The molecule has 0 unspecified atom stereocenters. The van der Waals surface area contributed by atoms with Gasteiger partial charge in [-0.1, -0.05) is 76.6 Å². The predicted octanol–water partition coefficient (Wildman–Crippen LogP) is 4.67. The van der Waals surface area contributed by atoms with Crippen LogP contribution in [-0.4, -0.2) is 19.1 Å². The predicted molar refractivity (Wildman–Crippen MR) is 115 cm³/mol. The molecule has 4 heteroatoms. The number of nitrogens with two attached hydrogens (primary N) is 2. The van der Waals surface area contributed by atoms with E-state index >= 15 is 0 Å². The lowest BCUT2D eigenvalue weighted by atomic mass is 9.96. The van der Waals surface area contributed by atoms with Crippen molar-refractivity contribution in [2.75, 3.05) is 19.0 Å². The molecule has 0 fully saturated rings. The molecule has 4 N–H and O–H groups in total. The molecule has 2 aromatic carbocycles. The minimum Gasteiger partial charge on any atom is -0.396 e. The molecule has 1 aliphatic heterocycles. The summed E-state index contributed by atoms with van der Waals surface area (Å²) >= 11 is 0. The Morgan fingerprint density at radius 2 is 1.46 bits per heavy atom. The Morgan fingerprint density at radius 1 is 0.962 bits per heavy atom. The fraction of sp³-hybridized carbons (Fsp3) is 0.364. The number of nitrogens with zero attached hydrogens (tertiary/aromatic N) is 2. The third-order valence-corrected chi connectivity index (χ3v) is 3.89. The highest BCUT2D eigenvalue weighted by molar-refractivity contribution is 5.93. The second-order valence-corrected chi connectivity index (χ2v) is 6.11. The summed E-state index contributed by atoms with van der Waals surface area (Å²) in [4.78, 5) is 2.22. The van der Waals surface area contributed by atoms with E-state index in [0.29, 0.717) is 5.70 Å². The van der Waals surface area contributed by atoms with Gasteiger partial charge in [0, 0.05) is 37.5 Å². The number of anilines is 1. The van der Waals surface area contributed by atoms with Gasteiger partial charge in [0.15, 0.2) is 0 Å². The van der Waals surface area contributed by atoms with E-state index in [-0.39, 0.29) is 0 Å². The van der Waals surface area contributed by atoms with Crippen LogP contribution in [0.25, 0.3) is 11.4 Å². The Kier molecular flexibility index (Phi) is 8.73. The molecule has 0 radical (unpaired) electrons. The second kappa shape index (κ2) is 10.5. The lowest BCUT2D eigenvalue weighted by Gasteiger charge is -2.30. The van der Waals surface area contributed by atoms with Gasteiger partial charge in [-0.25, -0.2) is 5.84 Å². The molecule has 0 atom stereocenters. The minimum absolute atomic E-state index is 0.703. The maximum Gasteiger partial charge on any atom is 0.0826 e. The maximum atomic E-state index is 6.47. The first kappa shape index (κ1) is 21.6. The standard InChI is InChI=1S/C17H20N4.C3H8.C2H6/c1-20-11-12-7-3-4-8-13(12)17(21(2)19)16(18)14-9-5-6-10-15(14)20;1-3-2;1-2/h3-10H,11,18-19H2,1-2H3;3H2,1-2H3;1-2H3/b17-16-;;. The maximum absolute atomic E-state index is 6.47. The molecule has 3 rings (SSSR count). The molecule has 0 saturated carbocycles. The number of fused-ring (bicyclic) bond motifs is 2. The van der Waals surface area contributed by atoms with Gasteiger partial charge in [0.05, 0.1) is 11.4 Å². The van der Waals surface area contributed by atoms with Crippen molar-refractivity contribution in [1.82, 2.24) is 5.01 Å². The zero-order chi connectivity index (χ0) is 19.7. The average Bonchev–Trinajstić information content (AvgIpc) is 2.64. The lowest BCUT2D eigenvalue weighted by molar-refractivity contribution is 0.510. The molecule has 0 aliphatic carbocycles. The van der Waals surface area contributed by atoms with Crippen molar-refractivity contribution in [2.24, 2.45) is 11.6 Å². The van der Waals surface area contributed by atoms with Gasteiger partial charge in [0.1, 0.15) is 0 Å². The zero-order valence-corrected chi connectivity index (χ0v) is 17.1. The van der Waals surface area contributed by atoms with Crippen molar-refractivity contribution in [3.8, 4) is 0 Å². The Labute approximate surface area is 159 Å². The molecule has 0 spiro atoms. The number of hydrazine groups is 1. The van der Waals surface area contributed by atoms with E-state index in [1.54, 1.807) is 5.01 Å². The molecule has 0 amide bonds. The number of hydrogen-bond acceptors (Lipinski definition) is 4. The highest BCUT2D eigenvalue weighted by Crippen LogP contribution is 2.34. The fourth-order valence-electron chi connectivity index (χ4n) is 2.92. The molecular weight excluding hydrogens is 320 g/mol. The van der Waals surface area contributed by atoms with Gasteiger partial charge in [-0.2, -0.15) is 0 Å². The normalized spacial score (nSPS) is 15.1. The van der Waals surface area contributed by atoms with Crippen molar-refractivity contribution < 1.29 is 0 Å². The van der Waals surface area contributed by atoms with E-state index in [9.17, 15) is 0 Å². The van der Waals surface area contributed by atoms with Gasteiger partial charge in [-0.05, 0) is 11.6 Å². The Hall–Kier alpha value is -2.46. The van der Waals surface area contributed by atoms with Crippen molar-refractivity contribution in [3.63, 3.8) is 0 Å². The molecular formula is C22H34N4. The van der Waals surface area contributed by atoms with E-state index in [4.69, 9.17) is 11.6 Å². The highest BCUT2D eigenvalue weighted by Gasteiger charge is 2.21. The van der Waals surface area contributed by atoms with Crippen LogP contribution in [-0.2, 0) is 6.54 Å². The fourth-order valence-corrected chi connectivity index (χ4v) is 2.92. The first-order chi connectivity index (χ1) is 12.5. The minimum atomic E-state index is 0.703. The molecule has 0 aromatic heterocycles. The second-order valence-electron chi connectivity index (χ2n) is 6.11. The van der Waals surface area contributed by atoms with Crippen LogP contribution in [0.4, 0.5) is 5.69 Å². The summed E-state index contributed by atoms with van der Waals surface area (Å²) in [5.74, 6) is 6.07. The zero-order valence-electron chi connectivity index (χ0n) is 17.1. The summed E-state index contributed by atoms with van der Waals surface area (Å²) in [6, 6.07) is 16.4. The van der Waals surface area contributed by atoms with Crippen molar-refractivity contribution in [1.29, 1.82) is 0 Å². The van der Waals surface area contributed by atoms with E-state index in [0.717, 1.165) is 29.1 Å². The van der Waals surface area contributed by atoms with Crippen molar-refractivity contribution in [3.05, 3.63) is 65.2 Å². The molecule has 2 aromatic rings. The summed E-state index contributed by atoms with van der Waals surface area (Å²) in [5, 5.41) is 1.61. The SMILES string of the molecule is CC.CCC.CN(N)/C1=C(\N)c2ccccc2N(C)Cc2ccccc21. The van der Waals surface area contributed by atoms with Gasteiger partial charge in [0.2, 0.25) is 0 Å². The van der Waals surface area contributed by atoms with Crippen LogP contribution in [0.3, 0.4) is 0 Å². The Balaban J connectivity index is 0.000000615. The molecule has 0 bridgehead atoms. The van der Waals surface area contributed by atoms with Crippen molar-refractivity contribution in [2.45, 2.75) is 40.7 Å². The average molecular weight is 355 g/mol. The van der Waals surface area contributed by atoms with Crippen LogP contribution in [0.1, 0.15) is 50.8 Å². The number of hydrogen-bond donors (Lipinski definition) is 2. The molecule has 1 heterocycles. The molecule has 1 aliphatic rings. The van der Waals surface area contributed by atoms with Crippen LogP contribution >= 0.6 is 0 Å². The van der Waals surface area contributed by atoms with E-state index in [1.807, 2.05) is 51.2 Å². The van der Waals surface area contributed by atoms with Crippen LogP contribution < -0.4 is 16.5 Å². The largest absolute Gasteiger partial charge is 0.396 e. The topological polar surface area (TPSA) is 58.5 Å². The molecule has 26 heavy (non-hydrogen) atoms. The number of para-hydroxylation sites is 1. The summed E-state index contributed by atoms with van der Waals surface area (Å²) in [5.41, 5.74) is 12.5. The third kappa shape index (κ3) is 4.79. The van der Waals surface area contributed by atoms with Crippen molar-refractivity contribution >= 4 is 17.1 Å². The summed E-state index contributed by atoms with van der Waals surface area (Å²) in [6.07, 6.45) is 1.25. The van der Waals surface area contributed by atoms with Gasteiger partial charge in [0.25, 0.3) is 0 Å². The Morgan fingerprint density at radius 3 is 2.04 bits per heavy atom. The molecule has 0 saturated heterocycles. The van der Waals surface area contributed by atoms with Crippen LogP contribution in [0, 0.1) is 0 Å². The summed E-state index contributed by atoms with van der Waals surface area (Å²) in [6.45, 7) is 9.07. The summed E-state index contributed by atoms with van der Waals surface area (Å²) < 4.78 is 0. The lowest BCUT2D eigenvalue weighted by Crippen LogP contribution is -2.30. The monoisotopic (exact) mass is 354 g/mol. The number of rotatable bonds is 1. The smallest absolute Gasteiger partial charge is 0.0826 e. The summed E-state index contributed by atoms with van der Waals surface area (Å²) in [7, 11) is 3.91. The van der Waals surface area contributed by atoms with E-state index < -0.39 is 0 Å². The van der Waals surface area contributed by atoms with Gasteiger partial charge in [-0.3, -0.25) is 0 Å². The van der Waals surface area contributed by atoms with Crippen LogP contribution in [0.2, 0.25) is 0 Å². The Bertz CT molecular complexity index is 720. The quantitative estimate of drug-likeness (QED) is 0.577. The first-order valence-electron chi connectivity index (χ1n) is 9.38. The van der Waals surface area contributed by atoms with Gasteiger partial charge >= 0.3 is 0 Å². The van der Waals surface area contributed by atoms with Gasteiger partial charge in [-0.15, -0.1) is 0 Å². The van der Waals surface area contributed by atoms with Gasteiger partial charge < -0.3 is 15.6 Å². The van der Waals surface area contributed by atoms with E-state index in [2.05, 4.69) is 44.0 Å². The van der Waals surface area contributed by atoms with Crippen LogP contribution in [0.5, 0.6) is 0 Å². The molecule has 142 valence electrons. The first-order valence-corrected chi connectivity index (χ1v) is 9.38. The molecule has 4 nitrogen and oxygen atoms in total. The third-order valence-electron chi connectivity index (χ3n) is 3.89.